The Hall–Kier alpha value is -0.860. The molecule has 1 heterocycles. The minimum atomic E-state index is -0.316. The Kier molecular flexibility index (Phi) is 4.41. The van der Waals surface area contributed by atoms with E-state index in [1.54, 1.807) is 0 Å². The van der Waals surface area contributed by atoms with Crippen molar-refractivity contribution in [2.45, 2.75) is 57.2 Å². The molecule has 1 saturated heterocycles. The quantitative estimate of drug-likeness (QED) is 0.866. The van der Waals surface area contributed by atoms with Crippen LogP contribution in [0.3, 0.4) is 0 Å². The first-order valence-electron chi connectivity index (χ1n) is 6.96. The van der Waals surface area contributed by atoms with Crippen molar-refractivity contribution >= 4 is 0 Å². The van der Waals surface area contributed by atoms with Crippen LogP contribution in [0.1, 0.15) is 45.1 Å². The van der Waals surface area contributed by atoms with Crippen LogP contribution in [-0.4, -0.2) is 23.9 Å². The van der Waals surface area contributed by atoms with Gasteiger partial charge in [0.15, 0.2) is 0 Å². The molecule has 0 bridgehead atoms. The van der Waals surface area contributed by atoms with Gasteiger partial charge in [-0.1, -0.05) is 44.2 Å². The minimum absolute atomic E-state index is 0.195. The molecule has 0 spiro atoms. The lowest BCUT2D eigenvalue weighted by Gasteiger charge is -2.31. The summed E-state index contributed by atoms with van der Waals surface area (Å²) in [6, 6.07) is 10.3. The number of hydrogen-bond acceptors (Lipinski definition) is 2. The van der Waals surface area contributed by atoms with E-state index in [9.17, 15) is 5.11 Å². The maximum Gasteiger partial charge on any atom is 0.0632 e. The summed E-state index contributed by atoms with van der Waals surface area (Å²) in [4.78, 5) is 0. The molecule has 1 N–H and O–H groups in total. The van der Waals surface area contributed by atoms with Gasteiger partial charge in [0.05, 0.1) is 12.2 Å². The highest BCUT2D eigenvalue weighted by atomic mass is 16.5. The van der Waals surface area contributed by atoms with Gasteiger partial charge in [0.1, 0.15) is 0 Å². The van der Waals surface area contributed by atoms with Crippen LogP contribution in [0.4, 0.5) is 0 Å². The van der Waals surface area contributed by atoms with Gasteiger partial charge in [-0.3, -0.25) is 0 Å². The fraction of sp³-hybridized carbons (Fsp3) is 0.625. The molecular formula is C16H24O2. The number of aliphatic hydroxyl groups is 1. The summed E-state index contributed by atoms with van der Waals surface area (Å²) in [5.41, 5.74) is 1.00. The number of hydrogen-bond donors (Lipinski definition) is 1. The second kappa shape index (κ2) is 5.85. The standard InChI is InChI=1S/C16H24O2/c1-16(2,13-7-4-3-5-8-13)15(17)11-10-14-9-6-12-18-14/h3-5,7-8,14-15,17H,6,9-12H2,1-2H3. The SMILES string of the molecule is CC(C)(c1ccccc1)C(O)CCC1CCCO1. The van der Waals surface area contributed by atoms with Gasteiger partial charge >= 0.3 is 0 Å². The van der Waals surface area contributed by atoms with E-state index in [-0.39, 0.29) is 11.5 Å². The molecule has 2 rings (SSSR count). The van der Waals surface area contributed by atoms with Gasteiger partial charge in [-0.05, 0) is 31.2 Å². The van der Waals surface area contributed by atoms with E-state index in [0.29, 0.717) is 6.10 Å². The fourth-order valence-electron chi connectivity index (χ4n) is 2.64. The third-order valence-electron chi connectivity index (χ3n) is 4.14. The number of rotatable bonds is 5. The summed E-state index contributed by atoms with van der Waals surface area (Å²) in [5.74, 6) is 0. The molecule has 2 heteroatoms. The first kappa shape index (κ1) is 13.6. The molecule has 1 aromatic rings. The lowest BCUT2D eigenvalue weighted by atomic mass is 9.77. The molecule has 1 fully saturated rings. The monoisotopic (exact) mass is 248 g/mol. The highest BCUT2D eigenvalue weighted by Gasteiger charge is 2.30. The first-order chi connectivity index (χ1) is 8.60. The van der Waals surface area contributed by atoms with Crippen LogP contribution in [0.25, 0.3) is 0 Å². The summed E-state index contributed by atoms with van der Waals surface area (Å²) < 4.78 is 5.61. The van der Waals surface area contributed by atoms with Crippen molar-refractivity contribution in [3.05, 3.63) is 35.9 Å². The zero-order chi connectivity index (χ0) is 13.0. The predicted octanol–water partition coefficient (Wildman–Crippen LogP) is 3.28. The van der Waals surface area contributed by atoms with Crippen LogP contribution in [0, 0.1) is 0 Å². The summed E-state index contributed by atoms with van der Waals surface area (Å²) in [7, 11) is 0. The largest absolute Gasteiger partial charge is 0.392 e. The zero-order valence-corrected chi connectivity index (χ0v) is 11.4. The van der Waals surface area contributed by atoms with Crippen molar-refractivity contribution in [1.29, 1.82) is 0 Å². The second-order valence-electron chi connectivity index (χ2n) is 5.82. The molecular weight excluding hydrogens is 224 g/mol. The number of aliphatic hydroxyl groups excluding tert-OH is 1. The van der Waals surface area contributed by atoms with Gasteiger partial charge in [-0.2, -0.15) is 0 Å². The summed E-state index contributed by atoms with van der Waals surface area (Å²) >= 11 is 0. The minimum Gasteiger partial charge on any atom is -0.392 e. The molecule has 100 valence electrons. The highest BCUT2D eigenvalue weighted by molar-refractivity contribution is 5.24. The first-order valence-corrected chi connectivity index (χ1v) is 6.96. The molecule has 1 aliphatic rings. The van der Waals surface area contributed by atoms with E-state index in [1.165, 1.54) is 12.0 Å². The van der Waals surface area contributed by atoms with Gasteiger partial charge in [0.2, 0.25) is 0 Å². The maximum atomic E-state index is 10.4. The van der Waals surface area contributed by atoms with E-state index in [2.05, 4.69) is 26.0 Å². The fourth-order valence-corrected chi connectivity index (χ4v) is 2.64. The Bertz CT molecular complexity index is 353. The number of benzene rings is 1. The zero-order valence-electron chi connectivity index (χ0n) is 11.4. The second-order valence-corrected chi connectivity index (χ2v) is 5.82. The van der Waals surface area contributed by atoms with Crippen LogP contribution in [0.2, 0.25) is 0 Å². The predicted molar refractivity (Wildman–Crippen MR) is 73.7 cm³/mol. The van der Waals surface area contributed by atoms with Crippen LogP contribution in [-0.2, 0) is 10.2 Å². The summed E-state index contributed by atoms with van der Waals surface area (Å²) in [6.07, 6.45) is 4.15. The lowest BCUT2D eigenvalue weighted by Crippen LogP contribution is -2.34. The van der Waals surface area contributed by atoms with Gasteiger partial charge < -0.3 is 9.84 Å². The van der Waals surface area contributed by atoms with Crippen LogP contribution in [0.15, 0.2) is 30.3 Å². The third-order valence-corrected chi connectivity index (χ3v) is 4.14. The average Bonchev–Trinajstić information content (AvgIpc) is 2.90. The molecule has 0 amide bonds. The molecule has 0 radical (unpaired) electrons. The average molecular weight is 248 g/mol. The molecule has 2 nitrogen and oxygen atoms in total. The van der Waals surface area contributed by atoms with E-state index < -0.39 is 0 Å². The maximum absolute atomic E-state index is 10.4. The van der Waals surface area contributed by atoms with E-state index in [0.717, 1.165) is 25.9 Å². The molecule has 0 saturated carbocycles. The Morgan fingerprint density at radius 2 is 2.06 bits per heavy atom. The molecule has 1 aliphatic heterocycles. The Morgan fingerprint density at radius 1 is 1.33 bits per heavy atom. The molecule has 0 aromatic heterocycles. The molecule has 0 aliphatic carbocycles. The Balaban J connectivity index is 1.92. The van der Waals surface area contributed by atoms with Crippen molar-refractivity contribution < 1.29 is 9.84 Å². The number of ether oxygens (including phenoxy) is 1. The van der Waals surface area contributed by atoms with Crippen molar-refractivity contribution in [3.8, 4) is 0 Å². The lowest BCUT2D eigenvalue weighted by molar-refractivity contribution is 0.0547. The smallest absolute Gasteiger partial charge is 0.0632 e. The Labute approximate surface area is 110 Å². The van der Waals surface area contributed by atoms with Gasteiger partial charge in [0, 0.05) is 12.0 Å². The van der Waals surface area contributed by atoms with E-state index in [4.69, 9.17) is 4.74 Å². The molecule has 2 unspecified atom stereocenters. The van der Waals surface area contributed by atoms with Crippen molar-refractivity contribution in [1.82, 2.24) is 0 Å². The topological polar surface area (TPSA) is 29.5 Å². The van der Waals surface area contributed by atoms with Gasteiger partial charge in [-0.25, -0.2) is 0 Å². The van der Waals surface area contributed by atoms with Crippen LogP contribution < -0.4 is 0 Å². The van der Waals surface area contributed by atoms with E-state index >= 15 is 0 Å². The van der Waals surface area contributed by atoms with Crippen LogP contribution in [0.5, 0.6) is 0 Å². The summed E-state index contributed by atoms with van der Waals surface area (Å²) in [6.45, 7) is 5.12. The molecule has 1 aromatic carbocycles. The van der Waals surface area contributed by atoms with Crippen molar-refractivity contribution in [2.75, 3.05) is 6.61 Å². The van der Waals surface area contributed by atoms with Gasteiger partial charge in [-0.15, -0.1) is 0 Å². The summed E-state index contributed by atoms with van der Waals surface area (Å²) in [5, 5.41) is 10.4. The normalized spacial score (nSPS) is 22.1. The van der Waals surface area contributed by atoms with Gasteiger partial charge in [0.25, 0.3) is 0 Å². The Morgan fingerprint density at radius 3 is 2.67 bits per heavy atom. The van der Waals surface area contributed by atoms with Crippen molar-refractivity contribution in [3.63, 3.8) is 0 Å². The van der Waals surface area contributed by atoms with Crippen molar-refractivity contribution in [2.24, 2.45) is 0 Å². The molecule has 2 atom stereocenters. The highest BCUT2D eigenvalue weighted by Crippen LogP contribution is 2.30. The molecule has 18 heavy (non-hydrogen) atoms. The van der Waals surface area contributed by atoms with Crippen LogP contribution >= 0.6 is 0 Å². The van der Waals surface area contributed by atoms with E-state index in [1.807, 2.05) is 18.2 Å². The third kappa shape index (κ3) is 3.12.